The van der Waals surface area contributed by atoms with Gasteiger partial charge in [-0.2, -0.15) is 0 Å². The standard InChI is InChI=1S/C6H7O3PSe.Li.H/c7-10(8,11)9-6-4-2-1-3-5-6;;/h1-5H,(H2,7,8,11);;. The molecule has 0 aromatic heterocycles. The van der Waals surface area contributed by atoms with Crippen molar-refractivity contribution in [2.75, 3.05) is 0 Å². The summed E-state index contributed by atoms with van der Waals surface area (Å²) >= 11 is 2.16. The van der Waals surface area contributed by atoms with Gasteiger partial charge in [0.05, 0.1) is 0 Å². The predicted octanol–water partition coefficient (Wildman–Crippen LogP) is 0.248. The molecule has 62 valence electrons. The topological polar surface area (TPSA) is 49.7 Å². The van der Waals surface area contributed by atoms with Gasteiger partial charge in [0.15, 0.2) is 0 Å². The summed E-state index contributed by atoms with van der Waals surface area (Å²) in [6, 6.07) is 8.63. The van der Waals surface area contributed by atoms with E-state index in [2.05, 4.69) is 15.1 Å². The Morgan fingerprint density at radius 2 is 1.67 bits per heavy atom. The van der Waals surface area contributed by atoms with Gasteiger partial charge in [-0.1, -0.05) is 0 Å². The summed E-state index contributed by atoms with van der Waals surface area (Å²) in [5.74, 6) is 0.449. The van der Waals surface area contributed by atoms with E-state index in [1.807, 2.05) is 6.07 Å². The molecule has 0 unspecified atom stereocenters. The number of para-hydroxylation sites is 1. The van der Waals surface area contributed by atoms with Crippen LogP contribution in [0.5, 0.6) is 5.75 Å². The molecule has 3 nitrogen and oxygen atoms in total. The zero-order valence-corrected chi connectivity index (χ0v) is 8.15. The fourth-order valence-corrected chi connectivity index (χ4v) is 1.56. The van der Waals surface area contributed by atoms with Crippen LogP contribution in [0.25, 0.3) is 0 Å². The third-order valence-corrected chi connectivity index (χ3v) is 1.89. The average molecular weight is 245 g/mol. The van der Waals surface area contributed by atoms with Gasteiger partial charge in [-0.15, -0.1) is 0 Å². The summed E-state index contributed by atoms with van der Waals surface area (Å²) < 4.78 is 4.77. The second kappa shape index (κ2) is 5.27. The van der Waals surface area contributed by atoms with Gasteiger partial charge >= 0.3 is 90.5 Å². The van der Waals surface area contributed by atoms with Gasteiger partial charge in [-0.05, 0) is 0 Å². The summed E-state index contributed by atoms with van der Waals surface area (Å²) in [5, 5.41) is 0. The fourth-order valence-electron chi connectivity index (χ4n) is 0.619. The number of hydrogen-bond donors (Lipinski definition) is 2. The Kier molecular flexibility index (Phi) is 5.48. The summed E-state index contributed by atoms with van der Waals surface area (Å²) in [6.45, 7) is 0. The summed E-state index contributed by atoms with van der Waals surface area (Å²) in [7, 11) is 0. The molecular formula is C6H8LiO3PSe. The van der Waals surface area contributed by atoms with Crippen LogP contribution in [0.4, 0.5) is 0 Å². The zero-order chi connectivity index (χ0) is 8.32. The van der Waals surface area contributed by atoms with Crippen molar-refractivity contribution in [3.05, 3.63) is 30.3 Å². The molecule has 0 spiro atoms. The van der Waals surface area contributed by atoms with Gasteiger partial charge in [-0.25, -0.2) is 0 Å². The molecule has 0 aliphatic carbocycles. The maximum absolute atomic E-state index is 8.86. The van der Waals surface area contributed by atoms with E-state index in [4.69, 9.17) is 14.3 Å². The molecule has 0 amide bonds. The van der Waals surface area contributed by atoms with E-state index < -0.39 is 6.19 Å². The molecule has 2 N–H and O–H groups in total. The first kappa shape index (κ1) is 12.5. The van der Waals surface area contributed by atoms with Crippen molar-refractivity contribution >= 4 is 40.1 Å². The first-order valence-electron chi connectivity index (χ1n) is 2.88. The Balaban J connectivity index is 0.00000121. The zero-order valence-electron chi connectivity index (χ0n) is 5.54. The van der Waals surface area contributed by atoms with Crippen LogP contribution in [-0.2, 0) is 0 Å². The van der Waals surface area contributed by atoms with Crippen LogP contribution in [0, 0.1) is 0 Å². The van der Waals surface area contributed by atoms with Crippen LogP contribution in [-0.4, -0.2) is 43.7 Å². The van der Waals surface area contributed by atoms with Crippen LogP contribution in [0.3, 0.4) is 0 Å². The summed E-state index contributed by atoms with van der Waals surface area (Å²) in [4.78, 5) is 17.7. The Morgan fingerprint density at radius 3 is 2.08 bits per heavy atom. The minimum atomic E-state index is -3.26. The molecule has 1 aromatic rings. The van der Waals surface area contributed by atoms with Crippen LogP contribution < -0.4 is 4.52 Å². The van der Waals surface area contributed by atoms with Gasteiger partial charge in [0.1, 0.15) is 0 Å². The van der Waals surface area contributed by atoms with Gasteiger partial charge in [0.25, 0.3) is 0 Å². The minimum absolute atomic E-state index is 0. The normalized spacial score (nSPS) is 10.2. The van der Waals surface area contributed by atoms with Crippen LogP contribution in [0.2, 0.25) is 0 Å². The Bertz CT molecular complexity index is 273. The molecule has 0 aliphatic heterocycles. The second-order valence-corrected chi connectivity index (χ2v) is 6.05. The summed E-state index contributed by atoms with van der Waals surface area (Å²) in [6.07, 6.45) is -3.26. The van der Waals surface area contributed by atoms with Crippen LogP contribution in [0.1, 0.15) is 0 Å². The second-order valence-electron chi connectivity index (χ2n) is 1.89. The van der Waals surface area contributed by atoms with Crippen molar-refractivity contribution in [1.29, 1.82) is 0 Å². The van der Waals surface area contributed by atoms with Crippen molar-refractivity contribution < 1.29 is 14.3 Å². The molecule has 1 rings (SSSR count). The Hall–Kier alpha value is 0.487. The predicted molar refractivity (Wildman–Crippen MR) is 51.3 cm³/mol. The van der Waals surface area contributed by atoms with Crippen molar-refractivity contribution in [3.8, 4) is 5.75 Å². The van der Waals surface area contributed by atoms with E-state index in [0.717, 1.165) is 0 Å². The first-order chi connectivity index (χ1) is 5.08. The van der Waals surface area contributed by atoms with Crippen molar-refractivity contribution in [2.45, 2.75) is 0 Å². The monoisotopic (exact) mass is 246 g/mol. The molecule has 12 heavy (non-hydrogen) atoms. The molecular weight excluding hydrogens is 237 g/mol. The van der Waals surface area contributed by atoms with E-state index in [9.17, 15) is 0 Å². The van der Waals surface area contributed by atoms with Crippen molar-refractivity contribution in [1.82, 2.24) is 0 Å². The van der Waals surface area contributed by atoms with E-state index >= 15 is 0 Å². The Morgan fingerprint density at radius 1 is 1.17 bits per heavy atom. The molecule has 0 atom stereocenters. The third-order valence-electron chi connectivity index (χ3n) is 0.968. The Labute approximate surface area is 90.4 Å². The third kappa shape index (κ3) is 5.19. The van der Waals surface area contributed by atoms with E-state index in [-0.39, 0.29) is 18.9 Å². The first-order valence-corrected chi connectivity index (χ1v) is 6.71. The van der Waals surface area contributed by atoms with Crippen LogP contribution >= 0.6 is 6.19 Å². The summed E-state index contributed by atoms with van der Waals surface area (Å²) in [5.41, 5.74) is 0. The molecule has 0 saturated heterocycles. The van der Waals surface area contributed by atoms with Gasteiger partial charge in [-0.3, -0.25) is 0 Å². The average Bonchev–Trinajstić information content (AvgIpc) is 1.85. The van der Waals surface area contributed by atoms with Gasteiger partial charge in [0.2, 0.25) is 0 Å². The molecule has 0 radical (unpaired) electrons. The van der Waals surface area contributed by atoms with Crippen molar-refractivity contribution in [2.24, 2.45) is 0 Å². The fraction of sp³-hybridized carbons (Fsp3) is 0. The van der Waals surface area contributed by atoms with Gasteiger partial charge < -0.3 is 0 Å². The molecule has 6 heteroatoms. The number of hydrogen-bond acceptors (Lipinski definition) is 3. The number of benzene rings is 1. The molecule has 1 aromatic carbocycles. The molecule has 0 heterocycles. The molecule has 0 bridgehead atoms. The maximum atomic E-state index is 8.86. The quantitative estimate of drug-likeness (QED) is 0.580. The molecule has 0 fully saturated rings. The molecule has 0 aliphatic rings. The van der Waals surface area contributed by atoms with Gasteiger partial charge in [0, 0.05) is 0 Å². The van der Waals surface area contributed by atoms with E-state index in [0.29, 0.717) is 5.75 Å². The van der Waals surface area contributed by atoms with E-state index in [1.165, 1.54) is 0 Å². The molecule has 0 saturated carbocycles. The van der Waals surface area contributed by atoms with E-state index in [1.54, 1.807) is 24.3 Å². The van der Waals surface area contributed by atoms with Crippen LogP contribution in [0.15, 0.2) is 30.3 Å². The van der Waals surface area contributed by atoms with Crippen molar-refractivity contribution in [3.63, 3.8) is 0 Å². The SMILES string of the molecule is OP(O)(=[Se])Oc1ccccc1.[LiH]. The number of rotatable bonds is 2.